The molecule has 34 heavy (non-hydrogen) atoms. The van der Waals surface area contributed by atoms with Crippen LogP contribution in [0.2, 0.25) is 5.02 Å². The number of likely N-dealkylation sites (tertiary alicyclic amines) is 2. The number of rotatable bonds is 8. The number of amides is 2. The molecule has 8 heteroatoms. The summed E-state index contributed by atoms with van der Waals surface area (Å²) in [6.45, 7) is 8.78. The van der Waals surface area contributed by atoms with Gasteiger partial charge in [-0.15, -0.1) is 0 Å². The van der Waals surface area contributed by atoms with Crippen molar-refractivity contribution in [3.05, 3.63) is 64.6 Å². The molecule has 0 bridgehead atoms. The third-order valence-corrected chi connectivity index (χ3v) is 5.47. The smallest absolute Gasteiger partial charge is 0.211 e. The van der Waals surface area contributed by atoms with Crippen LogP contribution in [-0.2, 0) is 9.59 Å². The highest BCUT2D eigenvalue weighted by Crippen LogP contribution is 2.13. The molecule has 188 valence electrons. The van der Waals surface area contributed by atoms with E-state index in [-0.39, 0.29) is 5.83 Å². The fraction of sp³-hybridized carbons (Fsp3) is 0.462. The minimum Gasteiger partial charge on any atom is -0.333 e. The minimum atomic E-state index is -0.199. The molecule has 0 aromatic heterocycles. The molecule has 1 aromatic carbocycles. The number of nitrogens with zero attached hydrogens (tertiary/aromatic N) is 2. The van der Waals surface area contributed by atoms with Crippen molar-refractivity contribution in [2.45, 2.75) is 39.5 Å². The second kappa shape index (κ2) is 17.9. The summed E-state index contributed by atoms with van der Waals surface area (Å²) in [5.41, 5.74) is 2.41. The Hall–Kier alpha value is -2.48. The van der Waals surface area contributed by atoms with Gasteiger partial charge in [-0.25, -0.2) is 4.39 Å². The lowest BCUT2D eigenvalue weighted by molar-refractivity contribution is -0.109. The first-order valence-electron chi connectivity index (χ1n) is 11.6. The lowest BCUT2D eigenvalue weighted by Gasteiger charge is -2.15. The standard InChI is InChI=1S/C14H21FN2O.C7H6ClNO.C5H11N/c1-12(15)9-14(6-5-13(2)16-11-18)10-17-7-3-4-8-17;8-6-1-3-7(4-2-6)9-5-10;1-6-4-2-3-5-6/h5-6,9,11H,3-4,7-8,10H2,1-2H3,(H,16,18);1-5H,(H,9,10);2-5H2,1H3/b12-9+,13-5+,14-6+;;. The molecule has 0 aliphatic carbocycles. The summed E-state index contributed by atoms with van der Waals surface area (Å²) in [4.78, 5) is 24.8. The van der Waals surface area contributed by atoms with Gasteiger partial charge in [-0.2, -0.15) is 0 Å². The van der Waals surface area contributed by atoms with Crippen LogP contribution in [0.5, 0.6) is 0 Å². The van der Waals surface area contributed by atoms with E-state index in [9.17, 15) is 14.0 Å². The molecule has 2 fully saturated rings. The van der Waals surface area contributed by atoms with Crippen LogP contribution >= 0.6 is 11.6 Å². The van der Waals surface area contributed by atoms with Crippen LogP contribution in [0.4, 0.5) is 10.1 Å². The Morgan fingerprint density at radius 2 is 1.56 bits per heavy atom. The summed E-state index contributed by atoms with van der Waals surface area (Å²) in [5.74, 6) is -0.199. The minimum absolute atomic E-state index is 0.199. The summed E-state index contributed by atoms with van der Waals surface area (Å²) >= 11 is 5.60. The molecule has 0 spiro atoms. The second-order valence-corrected chi connectivity index (χ2v) is 8.78. The number of nitrogens with one attached hydrogen (secondary N) is 2. The number of hydrogen-bond donors (Lipinski definition) is 2. The third kappa shape index (κ3) is 14.6. The van der Waals surface area contributed by atoms with Gasteiger partial charge in [0.05, 0.1) is 5.83 Å². The molecule has 0 saturated carbocycles. The quantitative estimate of drug-likeness (QED) is 0.389. The zero-order valence-corrected chi connectivity index (χ0v) is 21.3. The van der Waals surface area contributed by atoms with E-state index >= 15 is 0 Å². The Labute approximate surface area is 208 Å². The first kappa shape index (κ1) is 29.6. The van der Waals surface area contributed by atoms with E-state index in [0.29, 0.717) is 17.8 Å². The van der Waals surface area contributed by atoms with Gasteiger partial charge in [-0.1, -0.05) is 17.7 Å². The van der Waals surface area contributed by atoms with Crippen molar-refractivity contribution in [3.8, 4) is 0 Å². The maximum Gasteiger partial charge on any atom is 0.211 e. The zero-order valence-electron chi connectivity index (χ0n) is 20.5. The predicted molar refractivity (Wildman–Crippen MR) is 139 cm³/mol. The summed E-state index contributed by atoms with van der Waals surface area (Å²) in [6, 6.07) is 6.90. The molecular weight excluding hydrogens is 455 g/mol. The summed E-state index contributed by atoms with van der Waals surface area (Å²) in [6.07, 6.45) is 11.7. The average molecular weight is 493 g/mol. The van der Waals surface area contributed by atoms with E-state index in [2.05, 4.69) is 27.5 Å². The lowest BCUT2D eigenvalue weighted by Crippen LogP contribution is -2.21. The molecule has 2 saturated heterocycles. The number of allylic oxidation sites excluding steroid dienone is 4. The van der Waals surface area contributed by atoms with Crippen LogP contribution in [0.15, 0.2) is 59.6 Å². The Balaban J connectivity index is 0.000000299. The van der Waals surface area contributed by atoms with Gasteiger partial charge in [0.1, 0.15) is 0 Å². The Bertz CT molecular complexity index is 809. The van der Waals surface area contributed by atoms with Gasteiger partial charge in [0.2, 0.25) is 12.8 Å². The molecule has 2 N–H and O–H groups in total. The molecular formula is C26H38ClFN4O2. The van der Waals surface area contributed by atoms with Crippen LogP contribution in [0.3, 0.4) is 0 Å². The van der Waals surface area contributed by atoms with Crippen LogP contribution < -0.4 is 10.6 Å². The molecule has 0 unspecified atom stereocenters. The molecule has 0 atom stereocenters. The Morgan fingerprint density at radius 3 is 2.03 bits per heavy atom. The predicted octanol–water partition coefficient (Wildman–Crippen LogP) is 5.15. The third-order valence-electron chi connectivity index (χ3n) is 5.22. The molecule has 2 heterocycles. The molecule has 1 aromatic rings. The van der Waals surface area contributed by atoms with Crippen molar-refractivity contribution < 1.29 is 14.0 Å². The monoisotopic (exact) mass is 492 g/mol. The largest absolute Gasteiger partial charge is 0.333 e. The summed E-state index contributed by atoms with van der Waals surface area (Å²) < 4.78 is 13.0. The molecule has 6 nitrogen and oxygen atoms in total. The highest BCUT2D eigenvalue weighted by atomic mass is 35.5. The Kier molecular flexibility index (Phi) is 15.6. The second-order valence-electron chi connectivity index (χ2n) is 8.35. The van der Waals surface area contributed by atoms with Crippen molar-refractivity contribution in [2.24, 2.45) is 0 Å². The van der Waals surface area contributed by atoms with Gasteiger partial charge in [0.15, 0.2) is 0 Å². The zero-order chi connectivity index (χ0) is 25.2. The van der Waals surface area contributed by atoms with Crippen molar-refractivity contribution in [3.63, 3.8) is 0 Å². The van der Waals surface area contributed by atoms with E-state index in [4.69, 9.17) is 11.6 Å². The van der Waals surface area contributed by atoms with Crippen molar-refractivity contribution in [1.82, 2.24) is 15.1 Å². The molecule has 2 amide bonds. The number of benzene rings is 1. The van der Waals surface area contributed by atoms with Crippen LogP contribution in [0.1, 0.15) is 39.5 Å². The number of carbonyl (C=O) groups excluding carboxylic acids is 2. The number of hydrogen-bond acceptors (Lipinski definition) is 4. The normalized spacial score (nSPS) is 17.3. The number of carbonyl (C=O) groups is 2. The summed E-state index contributed by atoms with van der Waals surface area (Å²) in [7, 11) is 2.17. The molecule has 2 aliphatic rings. The van der Waals surface area contributed by atoms with E-state index in [1.165, 1.54) is 45.7 Å². The SMILES string of the molecule is CN1CCCC1.C\C(F)=C/C(=C\C=C(/C)NC=O)CN1CCCC1.O=CNc1ccc(Cl)cc1. The van der Waals surface area contributed by atoms with Crippen LogP contribution in [0.25, 0.3) is 0 Å². The fourth-order valence-electron chi connectivity index (χ4n) is 3.46. The van der Waals surface area contributed by atoms with Crippen molar-refractivity contribution in [1.29, 1.82) is 0 Å². The van der Waals surface area contributed by atoms with Crippen molar-refractivity contribution >= 4 is 30.1 Å². The Morgan fingerprint density at radius 1 is 0.971 bits per heavy atom. The first-order valence-corrected chi connectivity index (χ1v) is 12.0. The molecule has 0 radical (unpaired) electrons. The van der Waals surface area contributed by atoms with Gasteiger partial charge in [-0.3, -0.25) is 14.5 Å². The highest BCUT2D eigenvalue weighted by molar-refractivity contribution is 6.30. The van der Waals surface area contributed by atoms with Gasteiger partial charge in [0, 0.05) is 23.0 Å². The maximum atomic E-state index is 13.0. The lowest BCUT2D eigenvalue weighted by atomic mass is 10.2. The van der Waals surface area contributed by atoms with E-state index < -0.39 is 0 Å². The van der Waals surface area contributed by atoms with Gasteiger partial charge in [0.25, 0.3) is 0 Å². The van der Waals surface area contributed by atoms with Gasteiger partial charge >= 0.3 is 0 Å². The van der Waals surface area contributed by atoms with Crippen LogP contribution in [0, 0.1) is 0 Å². The van der Waals surface area contributed by atoms with E-state index in [1.54, 1.807) is 43.3 Å². The van der Waals surface area contributed by atoms with Gasteiger partial charge in [-0.05, 0) is 115 Å². The average Bonchev–Trinajstić information content (AvgIpc) is 3.49. The van der Waals surface area contributed by atoms with Gasteiger partial charge < -0.3 is 15.5 Å². The fourth-order valence-corrected chi connectivity index (χ4v) is 3.59. The first-order chi connectivity index (χ1) is 16.3. The highest BCUT2D eigenvalue weighted by Gasteiger charge is 2.12. The van der Waals surface area contributed by atoms with E-state index in [1.807, 2.05) is 6.08 Å². The van der Waals surface area contributed by atoms with Crippen molar-refractivity contribution in [2.75, 3.05) is 45.1 Å². The van der Waals surface area contributed by atoms with Crippen LogP contribution in [-0.4, -0.2) is 62.4 Å². The molecule has 3 rings (SSSR count). The summed E-state index contributed by atoms with van der Waals surface area (Å²) in [5, 5.41) is 5.71. The topological polar surface area (TPSA) is 64.7 Å². The molecule has 2 aliphatic heterocycles. The maximum absolute atomic E-state index is 13.0. The number of halogens is 2. The number of anilines is 1. The van der Waals surface area contributed by atoms with E-state index in [0.717, 1.165) is 36.6 Å².